The zero-order chi connectivity index (χ0) is 42.3. The first-order valence-corrected chi connectivity index (χ1v) is 23.9. The molecular weight excluding hydrogens is 753 g/mol. The standard InChI is InChI=1S/C43H82NO12P/c1-3-5-7-9-11-13-15-16-17-18-19-20-21-22-24-26-28-30-34(45)32-37(47)44-35(36(46)31-29-27-25-23-14-12-10-8-6-4-2)33-55-57(53,54)56-43-41(51)39(49)38(48)40(50)42(43)52/h14,23,29,31,34-36,38-43,45-46,48-52H,3-13,15-22,24-28,30,32-33H2,1-2H3,(H,44,47)(H,53,54)/b23-14+,31-29+. The molecule has 57 heavy (non-hydrogen) atoms. The van der Waals surface area contributed by atoms with Crippen LogP contribution in [0.3, 0.4) is 0 Å². The first-order valence-electron chi connectivity index (χ1n) is 22.4. The number of nitrogens with one attached hydrogen (secondary N) is 1. The van der Waals surface area contributed by atoms with E-state index >= 15 is 0 Å². The highest BCUT2D eigenvalue weighted by atomic mass is 31.2. The van der Waals surface area contributed by atoms with E-state index in [0.29, 0.717) is 12.8 Å². The summed E-state index contributed by atoms with van der Waals surface area (Å²) in [5.74, 6) is -0.603. The van der Waals surface area contributed by atoms with E-state index in [1.54, 1.807) is 6.08 Å². The maximum Gasteiger partial charge on any atom is 0.472 e. The molecule has 0 heterocycles. The Labute approximate surface area is 344 Å². The number of phosphoric acid groups is 1. The van der Waals surface area contributed by atoms with Crippen LogP contribution < -0.4 is 5.32 Å². The van der Waals surface area contributed by atoms with Gasteiger partial charge in [0.15, 0.2) is 0 Å². The van der Waals surface area contributed by atoms with Crippen molar-refractivity contribution in [2.45, 2.75) is 236 Å². The lowest BCUT2D eigenvalue weighted by Crippen LogP contribution is -2.64. The van der Waals surface area contributed by atoms with E-state index in [-0.39, 0.29) is 6.42 Å². The number of hydrogen-bond acceptors (Lipinski definition) is 11. The van der Waals surface area contributed by atoms with Crippen molar-refractivity contribution in [3.63, 3.8) is 0 Å². The lowest BCUT2D eigenvalue weighted by atomic mass is 9.85. The summed E-state index contributed by atoms with van der Waals surface area (Å²) in [4.78, 5) is 23.3. The molecule has 0 spiro atoms. The van der Waals surface area contributed by atoms with E-state index in [1.807, 2.05) is 0 Å². The predicted molar refractivity (Wildman–Crippen MR) is 224 cm³/mol. The number of unbranched alkanes of at least 4 members (excludes halogenated alkanes) is 21. The lowest BCUT2D eigenvalue weighted by molar-refractivity contribution is -0.220. The Morgan fingerprint density at radius 2 is 1.04 bits per heavy atom. The first kappa shape index (κ1) is 53.8. The molecule has 336 valence electrons. The molecule has 1 saturated carbocycles. The third-order valence-corrected chi connectivity index (χ3v) is 11.8. The number of rotatable bonds is 36. The molecule has 0 radical (unpaired) electrons. The monoisotopic (exact) mass is 836 g/mol. The van der Waals surface area contributed by atoms with Gasteiger partial charge in [-0.3, -0.25) is 13.8 Å². The average molecular weight is 836 g/mol. The fourth-order valence-electron chi connectivity index (χ4n) is 7.08. The molecule has 9 N–H and O–H groups in total. The number of aliphatic hydroxyl groups excluding tert-OH is 7. The smallest absolute Gasteiger partial charge is 0.393 e. The van der Waals surface area contributed by atoms with Crippen molar-refractivity contribution in [3.8, 4) is 0 Å². The highest BCUT2D eigenvalue weighted by Crippen LogP contribution is 2.47. The third kappa shape index (κ3) is 25.9. The van der Waals surface area contributed by atoms with E-state index in [2.05, 4.69) is 31.3 Å². The Kier molecular flexibility index (Phi) is 31.6. The predicted octanol–water partition coefficient (Wildman–Crippen LogP) is 6.81. The molecule has 1 aliphatic rings. The Balaban J connectivity index is 2.52. The Hall–Kier alpha value is -1.22. The van der Waals surface area contributed by atoms with Gasteiger partial charge in [-0.05, 0) is 32.1 Å². The summed E-state index contributed by atoms with van der Waals surface area (Å²) in [7, 11) is -5.14. The SMILES string of the molecule is CCCCCC/C=C/CC/C=C/C(O)C(COP(=O)(O)OC1C(O)C(O)C(O)C(O)C1O)NC(=O)CC(O)CCCCCCCCCCCCCCCCCCC. The maximum atomic E-state index is 12.9. The van der Waals surface area contributed by atoms with Crippen molar-refractivity contribution < 1.29 is 59.0 Å². The van der Waals surface area contributed by atoms with Gasteiger partial charge in [0, 0.05) is 0 Å². The zero-order valence-corrected chi connectivity index (χ0v) is 36.1. The van der Waals surface area contributed by atoms with Gasteiger partial charge in [0.05, 0.1) is 31.3 Å². The van der Waals surface area contributed by atoms with Gasteiger partial charge >= 0.3 is 7.82 Å². The van der Waals surface area contributed by atoms with Crippen LogP contribution in [0.25, 0.3) is 0 Å². The van der Waals surface area contributed by atoms with Crippen LogP contribution in [0.5, 0.6) is 0 Å². The van der Waals surface area contributed by atoms with Gasteiger partial charge in [0.2, 0.25) is 5.91 Å². The van der Waals surface area contributed by atoms with Crippen LogP contribution in [-0.2, 0) is 18.4 Å². The van der Waals surface area contributed by atoms with E-state index in [4.69, 9.17) is 9.05 Å². The highest BCUT2D eigenvalue weighted by Gasteiger charge is 2.51. The van der Waals surface area contributed by atoms with E-state index in [0.717, 1.165) is 44.9 Å². The summed E-state index contributed by atoms with van der Waals surface area (Å²) < 4.78 is 22.8. The minimum atomic E-state index is -5.14. The average Bonchev–Trinajstić information content (AvgIpc) is 3.18. The summed E-state index contributed by atoms with van der Waals surface area (Å²) in [5, 5.41) is 74.2. The molecule has 0 bridgehead atoms. The van der Waals surface area contributed by atoms with E-state index < -0.39 is 75.2 Å². The number of carbonyl (C=O) groups excluding carboxylic acids is 1. The van der Waals surface area contributed by atoms with Gasteiger partial charge in [-0.1, -0.05) is 167 Å². The Morgan fingerprint density at radius 1 is 0.614 bits per heavy atom. The van der Waals surface area contributed by atoms with E-state index in [9.17, 15) is 50.0 Å². The second kappa shape index (κ2) is 33.5. The van der Waals surface area contributed by atoms with Crippen molar-refractivity contribution in [2.24, 2.45) is 0 Å². The summed E-state index contributed by atoms with van der Waals surface area (Å²) >= 11 is 0. The molecule has 1 aliphatic carbocycles. The van der Waals surface area contributed by atoms with Crippen molar-refractivity contribution in [3.05, 3.63) is 24.3 Å². The second-order valence-electron chi connectivity index (χ2n) is 16.1. The molecule has 0 aromatic heterocycles. The number of allylic oxidation sites excluding steroid dienone is 3. The number of hydrogen-bond donors (Lipinski definition) is 9. The fourth-order valence-corrected chi connectivity index (χ4v) is 8.05. The molecule has 0 aliphatic heterocycles. The first-order chi connectivity index (χ1) is 27.3. The molecule has 1 amide bonds. The highest BCUT2D eigenvalue weighted by molar-refractivity contribution is 7.47. The van der Waals surface area contributed by atoms with Gasteiger partial charge in [0.25, 0.3) is 0 Å². The van der Waals surface area contributed by atoms with Gasteiger partial charge < -0.3 is 46.0 Å². The summed E-state index contributed by atoms with van der Waals surface area (Å²) in [6.45, 7) is 3.67. The van der Waals surface area contributed by atoms with Crippen LogP contribution in [0.4, 0.5) is 0 Å². The quantitative estimate of drug-likeness (QED) is 0.0180. The van der Waals surface area contributed by atoms with Crippen LogP contribution in [-0.4, -0.2) is 108 Å². The summed E-state index contributed by atoms with van der Waals surface area (Å²) in [5.41, 5.74) is 0. The normalized spacial score (nSPS) is 24.2. The number of amides is 1. The maximum absolute atomic E-state index is 12.9. The molecule has 0 saturated heterocycles. The molecule has 1 fully saturated rings. The van der Waals surface area contributed by atoms with Gasteiger partial charge in [-0.15, -0.1) is 0 Å². The lowest BCUT2D eigenvalue weighted by Gasteiger charge is -2.41. The molecular formula is C43H82NO12P. The van der Waals surface area contributed by atoms with Crippen molar-refractivity contribution in [2.75, 3.05) is 6.61 Å². The van der Waals surface area contributed by atoms with Gasteiger partial charge in [-0.2, -0.15) is 0 Å². The van der Waals surface area contributed by atoms with Crippen LogP contribution >= 0.6 is 7.82 Å². The van der Waals surface area contributed by atoms with Crippen molar-refractivity contribution in [1.82, 2.24) is 5.32 Å². The number of carbonyl (C=O) groups is 1. The topological polar surface area (TPSA) is 226 Å². The van der Waals surface area contributed by atoms with Gasteiger partial charge in [-0.25, -0.2) is 4.57 Å². The van der Waals surface area contributed by atoms with Crippen LogP contribution in [0.1, 0.15) is 181 Å². The summed E-state index contributed by atoms with van der Waals surface area (Å²) in [6, 6.07) is -1.25. The minimum Gasteiger partial charge on any atom is -0.393 e. The Morgan fingerprint density at radius 3 is 1.54 bits per heavy atom. The van der Waals surface area contributed by atoms with Crippen molar-refractivity contribution >= 4 is 13.7 Å². The minimum absolute atomic E-state index is 0.249. The number of aliphatic hydroxyl groups is 7. The molecule has 0 aromatic carbocycles. The number of phosphoric ester groups is 1. The van der Waals surface area contributed by atoms with Crippen molar-refractivity contribution in [1.29, 1.82) is 0 Å². The van der Waals surface area contributed by atoms with Gasteiger partial charge in [0.1, 0.15) is 36.6 Å². The molecule has 8 atom stereocenters. The van der Waals surface area contributed by atoms with Crippen LogP contribution in [0.15, 0.2) is 24.3 Å². The van der Waals surface area contributed by atoms with E-state index in [1.165, 1.54) is 109 Å². The summed E-state index contributed by atoms with van der Waals surface area (Å²) in [6.07, 6.45) is 21.5. The Bertz CT molecular complexity index is 1080. The molecule has 1 rings (SSSR count). The fraction of sp³-hybridized carbons (Fsp3) is 0.884. The van der Waals surface area contributed by atoms with Crippen LogP contribution in [0.2, 0.25) is 0 Å². The zero-order valence-electron chi connectivity index (χ0n) is 35.3. The molecule has 8 unspecified atom stereocenters. The largest absolute Gasteiger partial charge is 0.472 e. The molecule has 13 nitrogen and oxygen atoms in total. The molecule has 14 heteroatoms. The molecule has 0 aromatic rings. The second-order valence-corrected chi connectivity index (χ2v) is 17.5. The van der Waals surface area contributed by atoms with Crippen LogP contribution in [0, 0.1) is 0 Å². The third-order valence-electron chi connectivity index (χ3n) is 10.8.